The Morgan fingerprint density at radius 3 is 2.65 bits per heavy atom. The van der Waals surface area contributed by atoms with Crippen molar-refractivity contribution in [2.45, 2.75) is 74.5 Å². The maximum atomic E-state index is 12.9. The minimum Gasteiger partial charge on any atom is -0.508 e. The number of nitrogens with zero attached hydrogens (tertiary/aromatic N) is 2. The van der Waals surface area contributed by atoms with Gasteiger partial charge in [0.05, 0.1) is 11.6 Å². The summed E-state index contributed by atoms with van der Waals surface area (Å²) in [4.78, 5) is 17.6. The van der Waals surface area contributed by atoms with Gasteiger partial charge in [0.1, 0.15) is 5.75 Å². The van der Waals surface area contributed by atoms with Crippen LogP contribution in [0, 0.1) is 11.8 Å². The fourth-order valence-electron chi connectivity index (χ4n) is 7.45. The summed E-state index contributed by atoms with van der Waals surface area (Å²) in [5, 5.41) is 22.9. The van der Waals surface area contributed by atoms with Crippen molar-refractivity contribution >= 4 is 5.91 Å². The first-order valence-corrected chi connectivity index (χ1v) is 12.3. The van der Waals surface area contributed by atoms with Crippen LogP contribution < -0.4 is 0 Å². The van der Waals surface area contributed by atoms with Crippen LogP contribution in [0.1, 0.15) is 56.1 Å². The maximum absolute atomic E-state index is 12.9. The van der Waals surface area contributed by atoms with Crippen LogP contribution in [-0.2, 0) is 16.6 Å². The van der Waals surface area contributed by atoms with E-state index in [4.69, 9.17) is 0 Å². The van der Waals surface area contributed by atoms with E-state index < -0.39 is 11.0 Å². The van der Waals surface area contributed by atoms with E-state index in [9.17, 15) is 15.0 Å². The number of rotatable bonds is 4. The minimum atomic E-state index is -0.876. The number of phenolic OH excluding ortho intramolecular Hbond substituents is 1. The van der Waals surface area contributed by atoms with Gasteiger partial charge in [-0.3, -0.25) is 9.69 Å². The first-order valence-electron chi connectivity index (χ1n) is 12.3. The Hall–Kier alpha value is -1.85. The summed E-state index contributed by atoms with van der Waals surface area (Å²) in [7, 11) is 0. The van der Waals surface area contributed by atoms with E-state index in [1.54, 1.807) is 6.07 Å². The molecule has 1 aromatic carbocycles. The molecule has 4 aliphatic carbocycles. The number of piperidine rings is 1. The van der Waals surface area contributed by atoms with Crippen LogP contribution in [0.5, 0.6) is 5.75 Å². The third-order valence-corrected chi connectivity index (χ3v) is 9.42. The Labute approximate surface area is 183 Å². The van der Waals surface area contributed by atoms with Gasteiger partial charge in [0.2, 0.25) is 5.91 Å². The summed E-state index contributed by atoms with van der Waals surface area (Å²) in [6.07, 6.45) is 10.0. The molecule has 1 amide bonds. The van der Waals surface area contributed by atoms with Gasteiger partial charge in [0.15, 0.2) is 0 Å². The van der Waals surface area contributed by atoms with Crippen LogP contribution in [0.15, 0.2) is 29.8 Å². The number of aromatic hydroxyl groups is 1. The van der Waals surface area contributed by atoms with E-state index in [2.05, 4.69) is 15.9 Å². The number of carbonyl (C=O) groups excluding carboxylic acids is 1. The SMILES string of the molecule is O=C1C=C2C[C@@]3(O)[C@H]4Cc5ccc(O)cc5[C@@]3(CCN4CC3CC3)C[C@@H]2N1CC1CC1. The zero-order valence-corrected chi connectivity index (χ0v) is 18.1. The molecular weight excluding hydrogens is 388 g/mol. The third kappa shape index (κ3) is 2.59. The van der Waals surface area contributed by atoms with E-state index in [1.807, 2.05) is 12.1 Å². The summed E-state index contributed by atoms with van der Waals surface area (Å²) >= 11 is 0. The van der Waals surface area contributed by atoms with Gasteiger partial charge in [0, 0.05) is 37.0 Å². The number of phenols is 1. The molecule has 164 valence electrons. The number of likely N-dealkylation sites (tertiary alicyclic amines) is 1. The molecule has 3 saturated carbocycles. The highest BCUT2D eigenvalue weighted by Crippen LogP contribution is 2.61. The van der Waals surface area contributed by atoms with E-state index in [-0.39, 0.29) is 23.7 Å². The summed E-state index contributed by atoms with van der Waals surface area (Å²) in [6, 6.07) is 6.00. The maximum Gasteiger partial charge on any atom is 0.247 e. The molecule has 1 aromatic rings. The van der Waals surface area contributed by atoms with Gasteiger partial charge >= 0.3 is 0 Å². The number of hydrogen-bond donors (Lipinski definition) is 2. The van der Waals surface area contributed by atoms with Crippen LogP contribution in [-0.4, -0.2) is 63.2 Å². The monoisotopic (exact) mass is 420 g/mol. The smallest absolute Gasteiger partial charge is 0.247 e. The van der Waals surface area contributed by atoms with Gasteiger partial charge < -0.3 is 15.1 Å². The van der Waals surface area contributed by atoms with Crippen molar-refractivity contribution in [3.63, 3.8) is 0 Å². The molecule has 0 aromatic heterocycles. The van der Waals surface area contributed by atoms with E-state index in [0.29, 0.717) is 12.3 Å². The summed E-state index contributed by atoms with van der Waals surface area (Å²) in [5.41, 5.74) is 2.30. The Morgan fingerprint density at radius 2 is 1.87 bits per heavy atom. The third-order valence-electron chi connectivity index (χ3n) is 9.42. The summed E-state index contributed by atoms with van der Waals surface area (Å²) < 4.78 is 0. The largest absolute Gasteiger partial charge is 0.508 e. The molecule has 2 aliphatic heterocycles. The van der Waals surface area contributed by atoms with Crippen molar-refractivity contribution in [3.8, 4) is 5.75 Å². The van der Waals surface area contributed by atoms with E-state index in [0.717, 1.165) is 56.0 Å². The van der Waals surface area contributed by atoms with Crippen molar-refractivity contribution in [3.05, 3.63) is 41.0 Å². The van der Waals surface area contributed by atoms with Gasteiger partial charge in [-0.15, -0.1) is 0 Å². The van der Waals surface area contributed by atoms with E-state index >= 15 is 0 Å². The van der Waals surface area contributed by atoms with Gasteiger partial charge in [-0.05, 0) is 92.2 Å². The normalized spacial score (nSPS) is 39.1. The summed E-state index contributed by atoms with van der Waals surface area (Å²) in [5.74, 6) is 1.87. The molecule has 4 fully saturated rings. The van der Waals surface area contributed by atoms with Crippen molar-refractivity contribution in [1.82, 2.24) is 9.80 Å². The molecule has 2 heterocycles. The topological polar surface area (TPSA) is 64.0 Å². The Morgan fingerprint density at radius 1 is 1.10 bits per heavy atom. The van der Waals surface area contributed by atoms with Crippen LogP contribution in [0.25, 0.3) is 0 Å². The number of fused-ring (bicyclic) bond motifs is 2. The molecule has 0 unspecified atom stereocenters. The number of carbonyl (C=O) groups is 1. The molecule has 4 atom stereocenters. The number of amides is 1. The highest BCUT2D eigenvalue weighted by atomic mass is 16.3. The Bertz CT molecular complexity index is 996. The lowest BCUT2D eigenvalue weighted by atomic mass is 9.48. The number of aliphatic hydroxyl groups is 1. The number of benzene rings is 1. The molecule has 7 rings (SSSR count). The lowest BCUT2D eigenvalue weighted by Gasteiger charge is -2.65. The van der Waals surface area contributed by atoms with Gasteiger partial charge in [-0.25, -0.2) is 0 Å². The minimum absolute atomic E-state index is 0.0910. The predicted molar refractivity (Wildman–Crippen MR) is 117 cm³/mol. The zero-order valence-electron chi connectivity index (χ0n) is 18.1. The van der Waals surface area contributed by atoms with Crippen LogP contribution in [0.3, 0.4) is 0 Å². The second kappa shape index (κ2) is 6.14. The van der Waals surface area contributed by atoms with Gasteiger partial charge in [-0.2, -0.15) is 0 Å². The molecule has 1 saturated heterocycles. The molecule has 5 nitrogen and oxygen atoms in total. The van der Waals surface area contributed by atoms with Gasteiger partial charge in [0.25, 0.3) is 0 Å². The van der Waals surface area contributed by atoms with Crippen LogP contribution >= 0.6 is 0 Å². The Balaban J connectivity index is 1.34. The standard InChI is InChI=1S/C26H32N2O3/c29-20-6-5-18-9-23-26(31)12-19-10-24(30)28(15-17-3-4-17)22(19)13-25(26,21(18)11-20)7-8-27(23)14-16-1-2-16/h5-6,10-11,16-17,22-23,29,31H,1-4,7-9,12-15H2/t22-,23+,25+,26+/m0/s1. The van der Waals surface area contributed by atoms with E-state index in [1.165, 1.54) is 31.2 Å². The second-order valence-corrected chi connectivity index (χ2v) is 11.3. The number of hydrogen-bond acceptors (Lipinski definition) is 4. The molecule has 6 aliphatic rings. The molecule has 5 heteroatoms. The van der Waals surface area contributed by atoms with Crippen molar-refractivity contribution in [2.75, 3.05) is 19.6 Å². The predicted octanol–water partition coefficient (Wildman–Crippen LogP) is 2.74. The molecule has 0 spiro atoms. The molecular formula is C26H32N2O3. The highest BCUT2D eigenvalue weighted by molar-refractivity contribution is 5.92. The molecule has 2 N–H and O–H groups in total. The quantitative estimate of drug-likeness (QED) is 0.786. The highest BCUT2D eigenvalue weighted by Gasteiger charge is 2.67. The summed E-state index contributed by atoms with van der Waals surface area (Å²) in [6.45, 7) is 2.95. The first kappa shape index (κ1) is 18.7. The molecule has 2 bridgehead atoms. The van der Waals surface area contributed by atoms with Crippen molar-refractivity contribution < 1.29 is 15.0 Å². The average molecular weight is 421 g/mol. The average Bonchev–Trinajstić information content (AvgIpc) is 3.64. The van der Waals surface area contributed by atoms with Crippen molar-refractivity contribution in [2.24, 2.45) is 11.8 Å². The second-order valence-electron chi connectivity index (χ2n) is 11.3. The fourth-order valence-corrected chi connectivity index (χ4v) is 7.45. The lowest BCUT2D eigenvalue weighted by Crippen LogP contribution is -2.74. The zero-order chi connectivity index (χ0) is 21.0. The van der Waals surface area contributed by atoms with Crippen molar-refractivity contribution in [1.29, 1.82) is 0 Å². The van der Waals surface area contributed by atoms with Crippen LogP contribution in [0.4, 0.5) is 0 Å². The Kier molecular flexibility index (Phi) is 3.70. The fraction of sp³-hybridized carbons (Fsp3) is 0.654. The van der Waals surface area contributed by atoms with Gasteiger partial charge in [-0.1, -0.05) is 6.07 Å². The molecule has 31 heavy (non-hydrogen) atoms. The first-order chi connectivity index (χ1) is 15.0. The molecule has 0 radical (unpaired) electrons. The van der Waals surface area contributed by atoms with Crippen LogP contribution in [0.2, 0.25) is 0 Å². The lowest BCUT2D eigenvalue weighted by molar-refractivity contribution is -0.165.